The average Bonchev–Trinajstić information content (AvgIpc) is 3.38. The number of amides is 1. The number of halogens is 1. The minimum absolute atomic E-state index is 0.0964. The molecule has 196 valence electrons. The summed E-state index contributed by atoms with van der Waals surface area (Å²) in [6.07, 6.45) is 1.64. The second-order valence-electron chi connectivity index (χ2n) is 9.12. The number of aromatic nitrogens is 2. The molecule has 2 saturated heterocycles. The van der Waals surface area contributed by atoms with Gasteiger partial charge < -0.3 is 14.6 Å². The molecule has 37 heavy (non-hydrogen) atoms. The number of morpholine rings is 1. The molecule has 2 aromatic carbocycles. The van der Waals surface area contributed by atoms with Crippen LogP contribution in [0.1, 0.15) is 18.7 Å². The molecule has 2 fully saturated rings. The van der Waals surface area contributed by atoms with Gasteiger partial charge in [-0.1, -0.05) is 16.8 Å². The van der Waals surface area contributed by atoms with Crippen LogP contribution in [0.15, 0.2) is 57.9 Å². The van der Waals surface area contributed by atoms with Crippen molar-refractivity contribution >= 4 is 33.2 Å². The highest BCUT2D eigenvalue weighted by Crippen LogP contribution is 2.24. The molecule has 0 bridgehead atoms. The lowest BCUT2D eigenvalue weighted by Crippen LogP contribution is -2.40. The smallest absolute Gasteiger partial charge is 0.243 e. The third-order valence-electron chi connectivity index (χ3n) is 6.54. The summed E-state index contributed by atoms with van der Waals surface area (Å²) < 4.78 is 37.7. The van der Waals surface area contributed by atoms with Crippen LogP contribution in [0.3, 0.4) is 0 Å². The predicted octanol–water partition coefficient (Wildman–Crippen LogP) is 3.26. The Labute approximate surface area is 220 Å². The number of hydrogen-bond donors (Lipinski definition) is 1. The number of carbonyl (C=O) groups excluding carboxylic acids is 1. The summed E-state index contributed by atoms with van der Waals surface area (Å²) in [7, 11) is -3.57. The van der Waals surface area contributed by atoms with Gasteiger partial charge in [-0.2, -0.15) is 9.29 Å². The zero-order valence-electron chi connectivity index (χ0n) is 20.2. The molecule has 3 aromatic rings. The molecule has 0 saturated carbocycles. The Morgan fingerprint density at radius 1 is 1.05 bits per heavy atom. The lowest BCUT2D eigenvalue weighted by atomic mass is 9.97. The number of benzene rings is 2. The molecule has 10 nitrogen and oxygen atoms in total. The van der Waals surface area contributed by atoms with E-state index in [4.69, 9.17) is 20.9 Å². The molecule has 1 N–H and O–H groups in total. The van der Waals surface area contributed by atoms with E-state index in [1.807, 2.05) is 12.1 Å². The summed E-state index contributed by atoms with van der Waals surface area (Å²) in [5, 5.41) is 7.62. The molecule has 12 heteroatoms. The fraction of sp³-hybridized carbons (Fsp3) is 0.400. The maximum atomic E-state index is 13.0. The summed E-state index contributed by atoms with van der Waals surface area (Å²) in [5.74, 6) is 0.685. The van der Waals surface area contributed by atoms with Crippen LogP contribution in [0, 0.1) is 5.92 Å². The zero-order valence-corrected chi connectivity index (χ0v) is 21.7. The molecule has 0 spiro atoms. The quantitative estimate of drug-likeness (QED) is 0.480. The minimum Gasteiger partial charge on any atom is -0.379 e. The van der Waals surface area contributed by atoms with Crippen molar-refractivity contribution in [1.29, 1.82) is 0 Å². The van der Waals surface area contributed by atoms with Crippen LogP contribution in [0.2, 0.25) is 5.02 Å². The van der Waals surface area contributed by atoms with Gasteiger partial charge in [0.2, 0.25) is 27.6 Å². The first kappa shape index (κ1) is 25.8. The van der Waals surface area contributed by atoms with Gasteiger partial charge in [-0.05, 0) is 67.9 Å². The maximum absolute atomic E-state index is 13.0. The molecule has 0 aliphatic carbocycles. The van der Waals surface area contributed by atoms with Gasteiger partial charge in [0.15, 0.2) is 0 Å². The van der Waals surface area contributed by atoms with E-state index >= 15 is 0 Å². The number of anilines is 1. The van der Waals surface area contributed by atoms with Crippen LogP contribution in [0.25, 0.3) is 11.4 Å². The number of piperidine rings is 1. The molecule has 5 rings (SSSR count). The monoisotopic (exact) mass is 545 g/mol. The summed E-state index contributed by atoms with van der Waals surface area (Å²) in [6.45, 7) is 3.31. The number of nitrogens with one attached hydrogen (secondary N) is 1. The van der Waals surface area contributed by atoms with Crippen molar-refractivity contribution in [2.24, 2.45) is 5.92 Å². The largest absolute Gasteiger partial charge is 0.379 e. The summed E-state index contributed by atoms with van der Waals surface area (Å²) in [5.41, 5.74) is 1.38. The van der Waals surface area contributed by atoms with Gasteiger partial charge in [0, 0.05) is 35.9 Å². The van der Waals surface area contributed by atoms with Crippen molar-refractivity contribution in [1.82, 2.24) is 19.3 Å². The Morgan fingerprint density at radius 3 is 2.51 bits per heavy atom. The Balaban J connectivity index is 1.16. The lowest BCUT2D eigenvalue weighted by Gasteiger charge is -2.30. The Morgan fingerprint density at radius 2 is 1.78 bits per heavy atom. The van der Waals surface area contributed by atoms with Crippen LogP contribution in [0.5, 0.6) is 0 Å². The van der Waals surface area contributed by atoms with E-state index in [0.717, 1.165) is 24.9 Å². The predicted molar refractivity (Wildman–Crippen MR) is 137 cm³/mol. The van der Waals surface area contributed by atoms with Gasteiger partial charge in [0.25, 0.3) is 0 Å². The van der Waals surface area contributed by atoms with Gasteiger partial charge in [-0.15, -0.1) is 0 Å². The van der Waals surface area contributed by atoms with Crippen LogP contribution in [-0.4, -0.2) is 73.1 Å². The first-order chi connectivity index (χ1) is 17.9. The summed E-state index contributed by atoms with van der Waals surface area (Å²) in [6, 6.07) is 13.5. The van der Waals surface area contributed by atoms with E-state index in [-0.39, 0.29) is 16.7 Å². The molecule has 1 atom stereocenters. The molecular formula is C25H28ClN5O5S. The van der Waals surface area contributed by atoms with Crippen molar-refractivity contribution in [3.8, 4) is 11.4 Å². The van der Waals surface area contributed by atoms with Crippen molar-refractivity contribution < 1.29 is 22.5 Å². The number of likely N-dealkylation sites (tertiary alicyclic amines) is 1. The van der Waals surface area contributed by atoms with Crippen LogP contribution in [-0.2, 0) is 26.1 Å². The van der Waals surface area contributed by atoms with Crippen molar-refractivity contribution in [2.45, 2.75) is 24.3 Å². The first-order valence-electron chi connectivity index (χ1n) is 12.2. The van der Waals surface area contributed by atoms with Gasteiger partial charge in [-0.25, -0.2) is 8.42 Å². The number of rotatable bonds is 7. The average molecular weight is 546 g/mol. The van der Waals surface area contributed by atoms with Gasteiger partial charge in [-0.3, -0.25) is 9.69 Å². The highest BCUT2D eigenvalue weighted by molar-refractivity contribution is 7.89. The standard InChI is InChI=1S/C25H28ClN5O5S/c26-20-5-3-18(4-6-20)24-28-23(36-29-24)17-30-11-1-2-19(16-30)25(32)27-21-7-9-22(10-8-21)37(33,34)31-12-14-35-15-13-31/h3-10,19H,1-2,11-17H2,(H,27,32). The Bertz CT molecular complexity index is 1320. The highest BCUT2D eigenvalue weighted by Gasteiger charge is 2.28. The fourth-order valence-corrected chi connectivity index (χ4v) is 6.06. The summed E-state index contributed by atoms with van der Waals surface area (Å²) >= 11 is 5.94. The number of hydrogen-bond acceptors (Lipinski definition) is 8. The molecule has 2 aliphatic heterocycles. The molecule has 1 amide bonds. The maximum Gasteiger partial charge on any atom is 0.243 e. The number of carbonyl (C=O) groups is 1. The lowest BCUT2D eigenvalue weighted by molar-refractivity contribution is -0.121. The zero-order chi connectivity index (χ0) is 25.8. The van der Waals surface area contributed by atoms with E-state index in [1.165, 1.54) is 16.4 Å². The number of ether oxygens (including phenoxy) is 1. The Hall–Kier alpha value is -2.83. The third kappa shape index (κ3) is 6.19. The number of sulfonamides is 1. The third-order valence-corrected chi connectivity index (χ3v) is 8.70. The van der Waals surface area contributed by atoms with Crippen LogP contribution in [0.4, 0.5) is 5.69 Å². The van der Waals surface area contributed by atoms with Gasteiger partial charge in [0.1, 0.15) is 0 Å². The van der Waals surface area contributed by atoms with E-state index in [0.29, 0.717) is 61.8 Å². The van der Waals surface area contributed by atoms with E-state index in [9.17, 15) is 13.2 Å². The van der Waals surface area contributed by atoms with E-state index in [1.54, 1.807) is 24.3 Å². The normalized spacial score (nSPS) is 19.5. The second-order valence-corrected chi connectivity index (χ2v) is 11.5. The van der Waals surface area contributed by atoms with Crippen LogP contribution >= 0.6 is 11.6 Å². The van der Waals surface area contributed by atoms with Crippen molar-refractivity contribution in [3.63, 3.8) is 0 Å². The summed E-state index contributed by atoms with van der Waals surface area (Å²) in [4.78, 5) is 19.8. The van der Waals surface area contributed by atoms with Crippen molar-refractivity contribution in [3.05, 3.63) is 59.4 Å². The molecule has 2 aliphatic rings. The molecular weight excluding hydrogens is 518 g/mol. The highest BCUT2D eigenvalue weighted by atomic mass is 35.5. The van der Waals surface area contributed by atoms with Crippen molar-refractivity contribution in [2.75, 3.05) is 44.7 Å². The molecule has 3 heterocycles. The Kier molecular flexibility index (Phi) is 7.87. The number of nitrogens with zero attached hydrogens (tertiary/aromatic N) is 4. The molecule has 1 unspecified atom stereocenters. The minimum atomic E-state index is -3.57. The SMILES string of the molecule is O=C(Nc1ccc(S(=O)(=O)N2CCOCC2)cc1)C1CCCN(Cc2nc(-c3ccc(Cl)cc3)no2)C1. The van der Waals surface area contributed by atoms with E-state index in [2.05, 4.69) is 20.4 Å². The topological polar surface area (TPSA) is 118 Å². The van der Waals surface area contributed by atoms with Crippen LogP contribution < -0.4 is 5.32 Å². The molecule has 1 aromatic heterocycles. The van der Waals surface area contributed by atoms with Gasteiger partial charge in [0.05, 0.1) is 30.6 Å². The first-order valence-corrected chi connectivity index (χ1v) is 14.0. The molecule has 0 radical (unpaired) electrons. The van der Waals surface area contributed by atoms with E-state index < -0.39 is 10.0 Å². The second kappa shape index (κ2) is 11.3. The van der Waals surface area contributed by atoms with Gasteiger partial charge >= 0.3 is 0 Å². The fourth-order valence-electron chi connectivity index (χ4n) is 4.53.